The maximum Gasteiger partial charge on any atom is 0.433 e. The molecule has 2 aliphatic rings. The summed E-state index contributed by atoms with van der Waals surface area (Å²) >= 11 is 0. The molecule has 2 fully saturated rings. The Balaban J connectivity index is 1.50. The van der Waals surface area contributed by atoms with Gasteiger partial charge < -0.3 is 5.11 Å². The number of alkyl halides is 3. The molecule has 1 saturated carbocycles. The Hall–Kier alpha value is -2.51. The molecule has 2 heterocycles. The smallest absolute Gasteiger partial charge is 0.393 e. The normalized spacial score (nSPS) is 24.5. The van der Waals surface area contributed by atoms with E-state index >= 15 is 0 Å². The first-order chi connectivity index (χ1) is 13.9. The maximum atomic E-state index is 13.5. The van der Waals surface area contributed by atoms with Crippen molar-refractivity contribution in [2.45, 2.75) is 25.2 Å². The van der Waals surface area contributed by atoms with Crippen LogP contribution in [0.4, 0.5) is 13.2 Å². The quantitative estimate of drug-likeness (QED) is 0.720. The van der Waals surface area contributed by atoms with E-state index in [4.69, 9.17) is 0 Å². The van der Waals surface area contributed by atoms with E-state index in [1.54, 1.807) is 6.07 Å². The van der Waals surface area contributed by atoms with Crippen LogP contribution >= 0.6 is 0 Å². The number of likely N-dealkylation sites (tertiary alicyclic amines) is 1. The zero-order valence-corrected chi connectivity index (χ0v) is 15.6. The first-order valence-corrected chi connectivity index (χ1v) is 9.71. The van der Waals surface area contributed by atoms with Crippen LogP contribution in [0.3, 0.4) is 0 Å². The fourth-order valence-electron chi connectivity index (χ4n) is 4.50. The van der Waals surface area contributed by atoms with Crippen LogP contribution in [0, 0.1) is 11.8 Å². The van der Waals surface area contributed by atoms with Gasteiger partial charge in [-0.05, 0) is 35.2 Å². The van der Waals surface area contributed by atoms with Gasteiger partial charge in [-0.3, -0.25) is 4.90 Å². The molecule has 29 heavy (non-hydrogen) atoms. The molecule has 7 heteroatoms. The molecule has 0 spiro atoms. The van der Waals surface area contributed by atoms with Crippen LogP contribution in [0.2, 0.25) is 0 Å². The first kappa shape index (κ1) is 18.5. The zero-order chi connectivity index (χ0) is 20.2. The van der Waals surface area contributed by atoms with Crippen molar-refractivity contribution >= 4 is 10.8 Å². The summed E-state index contributed by atoms with van der Waals surface area (Å²) in [6, 6.07) is 14.3. The van der Waals surface area contributed by atoms with Gasteiger partial charge in [0.2, 0.25) is 0 Å². The molecule has 3 atom stereocenters. The number of aliphatic hydroxyl groups is 1. The first-order valence-electron chi connectivity index (χ1n) is 9.71. The maximum absolute atomic E-state index is 13.5. The third kappa shape index (κ3) is 3.49. The molecule has 0 unspecified atom stereocenters. The van der Waals surface area contributed by atoms with Crippen molar-refractivity contribution in [1.82, 2.24) is 14.9 Å². The van der Waals surface area contributed by atoms with Gasteiger partial charge in [-0.25, -0.2) is 9.97 Å². The van der Waals surface area contributed by atoms with Crippen molar-refractivity contribution < 1.29 is 18.3 Å². The molecule has 1 aliphatic heterocycles. The monoisotopic (exact) mass is 399 g/mol. The third-order valence-electron chi connectivity index (χ3n) is 6.08. The summed E-state index contributed by atoms with van der Waals surface area (Å²) in [4.78, 5) is 10.3. The van der Waals surface area contributed by atoms with Crippen LogP contribution < -0.4 is 0 Å². The van der Waals surface area contributed by atoms with Crippen molar-refractivity contribution in [3.05, 3.63) is 60.0 Å². The van der Waals surface area contributed by atoms with Gasteiger partial charge in [0.25, 0.3) is 0 Å². The van der Waals surface area contributed by atoms with Gasteiger partial charge in [0.05, 0.1) is 18.3 Å². The average Bonchev–Trinajstić information content (AvgIpc) is 3.02. The van der Waals surface area contributed by atoms with E-state index in [0.717, 1.165) is 29.8 Å². The second-order valence-electron chi connectivity index (χ2n) is 8.04. The lowest BCUT2D eigenvalue weighted by Crippen LogP contribution is -2.39. The molecule has 0 radical (unpaired) electrons. The van der Waals surface area contributed by atoms with Crippen molar-refractivity contribution in [1.29, 1.82) is 0 Å². The summed E-state index contributed by atoms with van der Waals surface area (Å²) in [5, 5.41) is 11.8. The van der Waals surface area contributed by atoms with Gasteiger partial charge in [-0.15, -0.1) is 0 Å². The lowest BCUT2D eigenvalue weighted by molar-refractivity contribution is -0.141. The molecule has 1 aliphatic carbocycles. The van der Waals surface area contributed by atoms with E-state index in [-0.39, 0.29) is 30.1 Å². The summed E-state index contributed by atoms with van der Waals surface area (Å²) in [5.74, 6) is 0.815. The minimum atomic E-state index is -4.54. The minimum Gasteiger partial charge on any atom is -0.393 e. The lowest BCUT2D eigenvalue weighted by Gasteiger charge is -2.35. The Morgan fingerprint density at radius 3 is 2.52 bits per heavy atom. The van der Waals surface area contributed by atoms with E-state index in [1.807, 2.05) is 41.3 Å². The second-order valence-corrected chi connectivity index (χ2v) is 8.04. The van der Waals surface area contributed by atoms with E-state index < -0.39 is 11.9 Å². The highest BCUT2D eigenvalue weighted by Crippen LogP contribution is 2.41. The fourth-order valence-corrected chi connectivity index (χ4v) is 4.50. The lowest BCUT2D eigenvalue weighted by atomic mass is 9.74. The molecule has 3 aromatic rings. The van der Waals surface area contributed by atoms with E-state index in [2.05, 4.69) is 9.97 Å². The standard InChI is InChI=1S/C22H20F3N3O/c23-22(24,25)20-9-18(15-6-5-13-3-1-2-4-14(13)7-15)26-21(27-20)12-28-10-16-8-19(29)17(16)11-28/h1-7,9,16-17,19,29H,8,10-12H2/t16-,17+,19-/m1/s1. The molecule has 0 bridgehead atoms. The van der Waals surface area contributed by atoms with Crippen LogP contribution in [0.5, 0.6) is 0 Å². The number of hydrogen-bond donors (Lipinski definition) is 1. The number of fused-ring (bicyclic) bond motifs is 2. The topological polar surface area (TPSA) is 49.2 Å². The second kappa shape index (κ2) is 6.78. The van der Waals surface area contributed by atoms with Gasteiger partial charge in [0.15, 0.2) is 0 Å². The van der Waals surface area contributed by atoms with Crippen LogP contribution in [0.25, 0.3) is 22.0 Å². The van der Waals surface area contributed by atoms with Gasteiger partial charge in [-0.1, -0.05) is 36.4 Å². The predicted molar refractivity (Wildman–Crippen MR) is 103 cm³/mol. The van der Waals surface area contributed by atoms with E-state index in [1.165, 1.54) is 0 Å². The van der Waals surface area contributed by atoms with E-state index in [0.29, 0.717) is 18.0 Å². The zero-order valence-electron chi connectivity index (χ0n) is 15.6. The summed E-state index contributed by atoms with van der Waals surface area (Å²) in [6.07, 6.45) is -4.06. The Bertz CT molecular complexity index is 1070. The number of aliphatic hydroxyl groups excluding tert-OH is 1. The Kier molecular flexibility index (Phi) is 4.33. The number of halogens is 3. The third-order valence-corrected chi connectivity index (χ3v) is 6.08. The average molecular weight is 399 g/mol. The van der Waals surface area contributed by atoms with Crippen molar-refractivity contribution in [3.63, 3.8) is 0 Å². The Morgan fingerprint density at radius 1 is 1.00 bits per heavy atom. The van der Waals surface area contributed by atoms with Crippen molar-refractivity contribution in [3.8, 4) is 11.3 Å². The predicted octanol–water partition coefficient (Wildman–Crippen LogP) is 4.13. The molecule has 1 N–H and O–H groups in total. The molecule has 2 aromatic carbocycles. The van der Waals surface area contributed by atoms with Crippen LogP contribution in [0.15, 0.2) is 48.5 Å². The molecular weight excluding hydrogens is 379 g/mol. The Morgan fingerprint density at radius 2 is 1.79 bits per heavy atom. The largest absolute Gasteiger partial charge is 0.433 e. The highest BCUT2D eigenvalue weighted by Gasteiger charge is 2.46. The number of rotatable bonds is 3. The summed E-state index contributed by atoms with van der Waals surface area (Å²) in [5.41, 5.74) is -0.0158. The van der Waals surface area contributed by atoms with Crippen molar-refractivity contribution in [2.24, 2.45) is 11.8 Å². The SMILES string of the molecule is O[C@@H]1C[C@@H]2CN(Cc3nc(-c4ccc5ccccc5c4)cc(C(F)(F)F)n3)C[C@@H]21. The Labute approximate surface area is 166 Å². The van der Waals surface area contributed by atoms with Gasteiger partial charge >= 0.3 is 6.18 Å². The molecule has 1 aromatic heterocycles. The highest BCUT2D eigenvalue weighted by atomic mass is 19.4. The summed E-state index contributed by atoms with van der Waals surface area (Å²) in [7, 11) is 0. The minimum absolute atomic E-state index is 0.166. The van der Waals surface area contributed by atoms with Crippen LogP contribution in [-0.4, -0.2) is 39.2 Å². The van der Waals surface area contributed by atoms with Crippen LogP contribution in [0.1, 0.15) is 17.9 Å². The molecule has 150 valence electrons. The van der Waals surface area contributed by atoms with Gasteiger partial charge in [0.1, 0.15) is 11.5 Å². The van der Waals surface area contributed by atoms with E-state index in [9.17, 15) is 18.3 Å². The molecule has 1 saturated heterocycles. The van der Waals surface area contributed by atoms with Gasteiger partial charge in [0, 0.05) is 24.6 Å². The number of benzene rings is 2. The molecular formula is C22H20F3N3O. The van der Waals surface area contributed by atoms with Crippen molar-refractivity contribution in [2.75, 3.05) is 13.1 Å². The number of nitrogens with zero attached hydrogens (tertiary/aromatic N) is 3. The summed E-state index contributed by atoms with van der Waals surface area (Å²) < 4.78 is 40.4. The number of aromatic nitrogens is 2. The molecule has 5 rings (SSSR count). The highest BCUT2D eigenvalue weighted by molar-refractivity contribution is 5.86. The number of hydrogen-bond acceptors (Lipinski definition) is 4. The van der Waals surface area contributed by atoms with Gasteiger partial charge in [-0.2, -0.15) is 13.2 Å². The van der Waals surface area contributed by atoms with Crippen LogP contribution in [-0.2, 0) is 12.7 Å². The fraction of sp³-hybridized carbons (Fsp3) is 0.364. The molecule has 4 nitrogen and oxygen atoms in total. The molecule has 0 amide bonds. The summed E-state index contributed by atoms with van der Waals surface area (Å²) in [6.45, 7) is 1.70.